The van der Waals surface area contributed by atoms with E-state index >= 15 is 0 Å². The van der Waals surface area contributed by atoms with Gasteiger partial charge in [0.15, 0.2) is 0 Å². The molecule has 5 heteroatoms. The number of sulfonamides is 1. The smallest absolute Gasteiger partial charge is 0.240 e. The van der Waals surface area contributed by atoms with E-state index in [0.29, 0.717) is 0 Å². The fourth-order valence-electron chi connectivity index (χ4n) is 4.54. The zero-order valence-electron chi connectivity index (χ0n) is 22.7. The van der Waals surface area contributed by atoms with E-state index < -0.39 is 10.0 Å². The van der Waals surface area contributed by atoms with Gasteiger partial charge in [0.1, 0.15) is 5.75 Å². The molecule has 0 fully saturated rings. The number of rotatable bonds is 9. The summed E-state index contributed by atoms with van der Waals surface area (Å²) >= 11 is 0. The Labute approximate surface area is 227 Å². The fourth-order valence-corrected chi connectivity index (χ4v) is 5.53. The minimum atomic E-state index is -3.73. The highest BCUT2D eigenvalue weighted by molar-refractivity contribution is 7.89. The van der Waals surface area contributed by atoms with Gasteiger partial charge in [-0.05, 0) is 77.4 Å². The minimum Gasteiger partial charge on any atom is -0.497 e. The van der Waals surface area contributed by atoms with E-state index in [1.807, 2.05) is 56.3 Å². The topological polar surface area (TPSA) is 55.4 Å². The highest BCUT2D eigenvalue weighted by Gasteiger charge is 2.21. The third-order valence-electron chi connectivity index (χ3n) is 6.70. The standard InChI is InChI=1S/C33H35NO3S/c1-23(2)30-8-6-7-9-31(30)33(27-16-18-28(37-5)19-17-27)32(26-14-10-24(3)11-15-26)22-34-38(35,36)29-20-12-25(4)13-21-29/h6-21,23,34H,22H2,1-5H3. The van der Waals surface area contributed by atoms with Crippen LogP contribution >= 0.6 is 0 Å². The second-order valence-electron chi connectivity index (χ2n) is 9.83. The summed E-state index contributed by atoms with van der Waals surface area (Å²) in [7, 11) is -2.08. The Kier molecular flexibility index (Phi) is 8.50. The molecule has 0 atom stereocenters. The molecule has 0 aliphatic heterocycles. The van der Waals surface area contributed by atoms with Gasteiger partial charge in [0.25, 0.3) is 0 Å². The van der Waals surface area contributed by atoms with Crippen molar-refractivity contribution in [3.63, 3.8) is 0 Å². The van der Waals surface area contributed by atoms with Crippen molar-refractivity contribution in [2.75, 3.05) is 13.7 Å². The predicted octanol–water partition coefficient (Wildman–Crippen LogP) is 7.37. The van der Waals surface area contributed by atoms with Crippen molar-refractivity contribution in [3.05, 3.63) is 130 Å². The Morgan fingerprint density at radius 2 is 1.32 bits per heavy atom. The predicted molar refractivity (Wildman–Crippen MR) is 157 cm³/mol. The first-order valence-corrected chi connectivity index (χ1v) is 14.3. The van der Waals surface area contributed by atoms with Crippen LogP contribution in [0.5, 0.6) is 5.75 Å². The molecule has 0 spiro atoms. The molecule has 38 heavy (non-hydrogen) atoms. The average Bonchev–Trinajstić information content (AvgIpc) is 2.92. The van der Waals surface area contributed by atoms with Gasteiger partial charge >= 0.3 is 0 Å². The van der Waals surface area contributed by atoms with Gasteiger partial charge in [0, 0.05) is 6.54 Å². The third-order valence-corrected chi connectivity index (χ3v) is 8.12. The highest BCUT2D eigenvalue weighted by Crippen LogP contribution is 2.37. The van der Waals surface area contributed by atoms with E-state index in [1.165, 1.54) is 5.56 Å². The number of nitrogens with one attached hydrogen (secondary N) is 1. The molecule has 4 aromatic carbocycles. The summed E-state index contributed by atoms with van der Waals surface area (Å²) in [6.07, 6.45) is 0. The van der Waals surface area contributed by atoms with Gasteiger partial charge in [-0.25, -0.2) is 13.1 Å². The number of ether oxygens (including phenoxy) is 1. The molecule has 4 aromatic rings. The average molecular weight is 526 g/mol. The molecule has 0 aliphatic carbocycles. The zero-order valence-corrected chi connectivity index (χ0v) is 23.5. The van der Waals surface area contributed by atoms with Gasteiger partial charge in [0.2, 0.25) is 10.0 Å². The minimum absolute atomic E-state index is 0.132. The maximum Gasteiger partial charge on any atom is 0.240 e. The van der Waals surface area contributed by atoms with E-state index in [-0.39, 0.29) is 17.4 Å². The van der Waals surface area contributed by atoms with Crippen LogP contribution < -0.4 is 9.46 Å². The Bertz CT molecular complexity index is 1520. The first-order valence-electron chi connectivity index (χ1n) is 12.8. The highest BCUT2D eigenvalue weighted by atomic mass is 32.2. The van der Waals surface area contributed by atoms with Crippen LogP contribution in [0.15, 0.2) is 102 Å². The molecule has 0 unspecified atom stereocenters. The van der Waals surface area contributed by atoms with Crippen LogP contribution in [0.2, 0.25) is 0 Å². The molecule has 4 nitrogen and oxygen atoms in total. The fraction of sp³-hybridized carbons (Fsp3) is 0.212. The second kappa shape index (κ2) is 11.8. The molecule has 1 N–H and O–H groups in total. The van der Waals surface area contributed by atoms with Gasteiger partial charge in [-0.3, -0.25) is 0 Å². The van der Waals surface area contributed by atoms with Crippen molar-refractivity contribution < 1.29 is 13.2 Å². The normalized spacial score (nSPS) is 12.4. The van der Waals surface area contributed by atoms with Crippen LogP contribution in [0.25, 0.3) is 11.1 Å². The molecule has 0 amide bonds. The lowest BCUT2D eigenvalue weighted by molar-refractivity contribution is 0.415. The van der Waals surface area contributed by atoms with Crippen molar-refractivity contribution in [3.8, 4) is 5.75 Å². The lowest BCUT2D eigenvalue weighted by Gasteiger charge is -2.22. The number of benzene rings is 4. The van der Waals surface area contributed by atoms with Crippen molar-refractivity contribution in [2.24, 2.45) is 0 Å². The molecule has 0 saturated carbocycles. The molecular weight excluding hydrogens is 490 g/mol. The lowest BCUT2D eigenvalue weighted by atomic mass is 9.84. The van der Waals surface area contributed by atoms with Crippen LogP contribution in [0.3, 0.4) is 0 Å². The Hall–Kier alpha value is -3.67. The molecule has 0 radical (unpaired) electrons. The van der Waals surface area contributed by atoms with Crippen molar-refractivity contribution in [1.82, 2.24) is 4.72 Å². The molecule has 0 aromatic heterocycles. The molecule has 0 aliphatic rings. The monoisotopic (exact) mass is 525 g/mol. The third kappa shape index (κ3) is 6.24. The van der Waals surface area contributed by atoms with Gasteiger partial charge in [0.05, 0.1) is 12.0 Å². The van der Waals surface area contributed by atoms with E-state index in [0.717, 1.165) is 44.7 Å². The Balaban J connectivity index is 1.95. The molecule has 196 valence electrons. The van der Waals surface area contributed by atoms with Crippen LogP contribution in [-0.4, -0.2) is 22.1 Å². The van der Waals surface area contributed by atoms with Gasteiger partial charge < -0.3 is 4.74 Å². The summed E-state index contributed by atoms with van der Waals surface area (Å²) < 4.78 is 35.0. The number of hydrogen-bond acceptors (Lipinski definition) is 3. The summed E-state index contributed by atoms with van der Waals surface area (Å²) in [5.41, 5.74) is 8.28. The van der Waals surface area contributed by atoms with E-state index in [9.17, 15) is 8.42 Å². The first kappa shape index (κ1) is 27.4. The maximum atomic E-state index is 13.3. The van der Waals surface area contributed by atoms with Crippen molar-refractivity contribution in [2.45, 2.75) is 38.5 Å². The van der Waals surface area contributed by atoms with Gasteiger partial charge in [-0.1, -0.05) is 97.8 Å². The van der Waals surface area contributed by atoms with Gasteiger partial charge in [-0.2, -0.15) is 0 Å². The summed E-state index contributed by atoms with van der Waals surface area (Å²) in [6, 6.07) is 31.5. The maximum absolute atomic E-state index is 13.3. The Morgan fingerprint density at radius 1 is 0.763 bits per heavy atom. The zero-order chi connectivity index (χ0) is 27.3. The molecule has 0 bridgehead atoms. The number of hydrogen-bond donors (Lipinski definition) is 1. The summed E-state index contributed by atoms with van der Waals surface area (Å²) in [5.74, 6) is 1.05. The second-order valence-corrected chi connectivity index (χ2v) is 11.6. The number of methoxy groups -OCH3 is 1. The van der Waals surface area contributed by atoms with E-state index in [1.54, 1.807) is 19.2 Å². The van der Waals surface area contributed by atoms with Gasteiger partial charge in [-0.15, -0.1) is 0 Å². The molecule has 0 saturated heterocycles. The molecular formula is C33H35NO3S. The van der Waals surface area contributed by atoms with Crippen molar-refractivity contribution in [1.29, 1.82) is 0 Å². The Morgan fingerprint density at radius 3 is 1.89 bits per heavy atom. The van der Waals surface area contributed by atoms with Crippen LogP contribution in [0.1, 0.15) is 53.1 Å². The SMILES string of the molecule is COc1ccc(C(=C(CNS(=O)(=O)c2ccc(C)cc2)c2ccc(C)cc2)c2ccccc2C(C)C)cc1. The number of aryl methyl sites for hydroxylation is 2. The van der Waals surface area contributed by atoms with Crippen LogP contribution in [-0.2, 0) is 10.0 Å². The van der Waals surface area contributed by atoms with Crippen molar-refractivity contribution >= 4 is 21.2 Å². The van der Waals surface area contributed by atoms with E-state index in [2.05, 4.69) is 61.0 Å². The van der Waals surface area contributed by atoms with Crippen LogP contribution in [0, 0.1) is 13.8 Å². The summed E-state index contributed by atoms with van der Waals surface area (Å²) in [4.78, 5) is 0.250. The summed E-state index contributed by atoms with van der Waals surface area (Å²) in [6.45, 7) is 8.47. The van der Waals surface area contributed by atoms with Crippen LogP contribution in [0.4, 0.5) is 0 Å². The first-order chi connectivity index (χ1) is 18.2. The lowest BCUT2D eigenvalue weighted by Crippen LogP contribution is -2.26. The molecule has 4 rings (SSSR count). The molecule has 0 heterocycles. The largest absolute Gasteiger partial charge is 0.497 e. The van der Waals surface area contributed by atoms with E-state index in [4.69, 9.17) is 4.74 Å². The summed E-state index contributed by atoms with van der Waals surface area (Å²) in [5, 5.41) is 0. The quantitative estimate of drug-likeness (QED) is 0.232.